The van der Waals surface area contributed by atoms with Gasteiger partial charge in [0.15, 0.2) is 5.82 Å². The van der Waals surface area contributed by atoms with E-state index in [0.717, 1.165) is 33.6 Å². The molecule has 0 spiro atoms. The van der Waals surface area contributed by atoms with Gasteiger partial charge in [-0.3, -0.25) is 19.7 Å². The lowest BCUT2D eigenvalue weighted by Crippen LogP contribution is -2.22. The van der Waals surface area contributed by atoms with Crippen molar-refractivity contribution in [1.82, 2.24) is 25.1 Å². The summed E-state index contributed by atoms with van der Waals surface area (Å²) < 4.78 is 2.04. The van der Waals surface area contributed by atoms with Gasteiger partial charge in [-0.05, 0) is 61.2 Å². The van der Waals surface area contributed by atoms with E-state index in [4.69, 9.17) is 0 Å². The summed E-state index contributed by atoms with van der Waals surface area (Å²) in [5.41, 5.74) is 6.97. The fourth-order valence-corrected chi connectivity index (χ4v) is 4.04. The van der Waals surface area contributed by atoms with E-state index in [-0.39, 0.29) is 11.8 Å². The molecule has 8 heteroatoms. The van der Waals surface area contributed by atoms with Crippen LogP contribution >= 0.6 is 0 Å². The van der Waals surface area contributed by atoms with E-state index in [1.165, 1.54) is 0 Å². The molecule has 0 aliphatic carbocycles. The van der Waals surface area contributed by atoms with Gasteiger partial charge in [0.05, 0.1) is 17.0 Å². The number of carbonyl (C=O) groups is 2. The lowest BCUT2D eigenvalue weighted by atomic mass is 10.0. The molecule has 1 aliphatic heterocycles. The minimum absolute atomic E-state index is 0.148. The van der Waals surface area contributed by atoms with Crippen LogP contribution in [0.1, 0.15) is 43.0 Å². The summed E-state index contributed by atoms with van der Waals surface area (Å²) in [6.45, 7) is 5.12. The van der Waals surface area contributed by atoms with E-state index in [1.54, 1.807) is 12.4 Å². The monoisotopic (exact) mass is 440 g/mol. The number of pyridine rings is 1. The Morgan fingerprint density at radius 1 is 1.09 bits per heavy atom. The summed E-state index contributed by atoms with van der Waals surface area (Å²) in [6, 6.07) is 11.3. The minimum atomic E-state index is -0.191. The molecule has 8 nitrogen and oxygen atoms in total. The van der Waals surface area contributed by atoms with Gasteiger partial charge in [0.25, 0.3) is 11.8 Å². The number of aromatic amines is 1. The predicted molar refractivity (Wildman–Crippen MR) is 125 cm³/mol. The Balaban J connectivity index is 1.33. The number of carbonyl (C=O) groups excluding carboxylic acids is 2. The molecular formula is C25H24N6O2. The Hall–Kier alpha value is -4.20. The Morgan fingerprint density at radius 3 is 2.76 bits per heavy atom. The summed E-state index contributed by atoms with van der Waals surface area (Å²) in [7, 11) is 0. The lowest BCUT2D eigenvalue weighted by molar-refractivity contribution is 0.0950. The minimum Gasteiger partial charge on any atom is -0.348 e. The fraction of sp³-hybridized carbons (Fsp3) is 0.200. The number of anilines is 1. The van der Waals surface area contributed by atoms with Crippen molar-refractivity contribution in [3.8, 4) is 11.4 Å². The van der Waals surface area contributed by atoms with Gasteiger partial charge in [0.1, 0.15) is 0 Å². The number of amides is 2. The quantitative estimate of drug-likeness (QED) is 0.441. The van der Waals surface area contributed by atoms with Gasteiger partial charge < -0.3 is 15.2 Å². The van der Waals surface area contributed by atoms with Crippen LogP contribution in [0.25, 0.3) is 11.4 Å². The molecule has 4 heterocycles. The first-order valence-electron chi connectivity index (χ1n) is 10.8. The Morgan fingerprint density at radius 2 is 1.97 bits per heavy atom. The second-order valence-corrected chi connectivity index (χ2v) is 8.28. The van der Waals surface area contributed by atoms with Gasteiger partial charge in [0.2, 0.25) is 0 Å². The van der Waals surface area contributed by atoms with Crippen molar-refractivity contribution < 1.29 is 9.59 Å². The average Bonchev–Trinajstić information content (AvgIpc) is 3.44. The third-order valence-corrected chi connectivity index (χ3v) is 6.06. The van der Waals surface area contributed by atoms with Gasteiger partial charge in [-0.25, -0.2) is 0 Å². The molecule has 4 aromatic rings. The first-order chi connectivity index (χ1) is 16.0. The maximum atomic E-state index is 12.8. The Kier molecular flexibility index (Phi) is 5.26. The van der Waals surface area contributed by atoms with Gasteiger partial charge in [-0.2, -0.15) is 5.10 Å². The third-order valence-electron chi connectivity index (χ3n) is 6.06. The fourth-order valence-electron chi connectivity index (χ4n) is 4.04. The van der Waals surface area contributed by atoms with Crippen LogP contribution in [0.15, 0.2) is 55.0 Å². The summed E-state index contributed by atoms with van der Waals surface area (Å²) >= 11 is 0. The standard InChI is InChI=1S/C25H24N6O2/c1-15-5-6-18(10-16(15)2)25(33)28-23-20-7-9-31-14-19(11-21(31)22(20)29-30-23)24(32)27-13-17-4-3-8-26-12-17/h3-6,8,10-12,14H,7,9,13H2,1-2H3,(H,27,32)(H2,28,29,30,33). The van der Waals surface area contributed by atoms with Crippen LogP contribution in [0.3, 0.4) is 0 Å². The normalized spacial score (nSPS) is 12.1. The van der Waals surface area contributed by atoms with Crippen LogP contribution in [0.4, 0.5) is 5.82 Å². The second kappa shape index (κ2) is 8.38. The zero-order chi connectivity index (χ0) is 22.9. The van der Waals surface area contributed by atoms with E-state index in [0.29, 0.717) is 36.5 Å². The SMILES string of the molecule is Cc1ccc(C(=O)Nc2n[nH]c3c2CCn2cc(C(=O)NCc4cccnc4)cc2-3)cc1C. The van der Waals surface area contributed by atoms with Crippen molar-refractivity contribution >= 4 is 17.6 Å². The molecule has 33 heavy (non-hydrogen) atoms. The van der Waals surface area contributed by atoms with Crippen LogP contribution in [-0.4, -0.2) is 31.6 Å². The summed E-state index contributed by atoms with van der Waals surface area (Å²) in [5, 5.41) is 13.3. The number of nitrogens with one attached hydrogen (secondary N) is 3. The van der Waals surface area contributed by atoms with E-state index in [2.05, 4.69) is 25.8 Å². The highest BCUT2D eigenvalue weighted by molar-refractivity contribution is 6.04. The van der Waals surface area contributed by atoms with Crippen LogP contribution in [-0.2, 0) is 19.5 Å². The van der Waals surface area contributed by atoms with Gasteiger partial charge in [-0.15, -0.1) is 0 Å². The molecule has 0 saturated heterocycles. The smallest absolute Gasteiger partial charge is 0.256 e. The molecule has 0 atom stereocenters. The number of nitrogens with zero attached hydrogens (tertiary/aromatic N) is 3. The van der Waals surface area contributed by atoms with Crippen molar-refractivity contribution in [3.63, 3.8) is 0 Å². The first kappa shape index (κ1) is 20.7. The number of H-pyrrole nitrogens is 1. The number of rotatable bonds is 5. The molecule has 3 aromatic heterocycles. The molecular weight excluding hydrogens is 416 g/mol. The highest BCUT2D eigenvalue weighted by atomic mass is 16.2. The predicted octanol–water partition coefficient (Wildman–Crippen LogP) is 3.63. The largest absolute Gasteiger partial charge is 0.348 e. The van der Waals surface area contributed by atoms with Crippen molar-refractivity contribution in [2.75, 3.05) is 5.32 Å². The van der Waals surface area contributed by atoms with Crippen LogP contribution < -0.4 is 10.6 Å². The van der Waals surface area contributed by atoms with Gasteiger partial charge in [0, 0.05) is 42.8 Å². The second-order valence-electron chi connectivity index (χ2n) is 8.28. The number of hydrogen-bond acceptors (Lipinski definition) is 4. The van der Waals surface area contributed by atoms with E-state index in [1.807, 2.05) is 61.0 Å². The van der Waals surface area contributed by atoms with Crippen molar-refractivity contribution in [1.29, 1.82) is 0 Å². The number of aromatic nitrogens is 4. The maximum absolute atomic E-state index is 12.8. The van der Waals surface area contributed by atoms with E-state index < -0.39 is 0 Å². The maximum Gasteiger partial charge on any atom is 0.256 e. The zero-order valence-electron chi connectivity index (χ0n) is 18.5. The molecule has 0 unspecified atom stereocenters. The van der Waals surface area contributed by atoms with E-state index >= 15 is 0 Å². The topological polar surface area (TPSA) is 105 Å². The summed E-state index contributed by atoms with van der Waals surface area (Å²) in [4.78, 5) is 29.5. The molecule has 166 valence electrons. The van der Waals surface area contributed by atoms with Crippen molar-refractivity contribution in [2.24, 2.45) is 0 Å². The summed E-state index contributed by atoms with van der Waals surface area (Å²) in [5.74, 6) is 0.192. The van der Waals surface area contributed by atoms with Crippen molar-refractivity contribution in [2.45, 2.75) is 33.4 Å². The number of aryl methyl sites for hydroxylation is 3. The molecule has 1 aromatic carbocycles. The molecule has 0 bridgehead atoms. The molecule has 0 saturated carbocycles. The highest BCUT2D eigenvalue weighted by Gasteiger charge is 2.25. The zero-order valence-corrected chi connectivity index (χ0v) is 18.5. The van der Waals surface area contributed by atoms with Crippen LogP contribution in [0.2, 0.25) is 0 Å². The Bertz CT molecular complexity index is 1350. The van der Waals surface area contributed by atoms with Crippen LogP contribution in [0, 0.1) is 13.8 Å². The van der Waals surface area contributed by atoms with Gasteiger partial charge in [-0.1, -0.05) is 12.1 Å². The van der Waals surface area contributed by atoms with E-state index in [9.17, 15) is 9.59 Å². The van der Waals surface area contributed by atoms with Gasteiger partial charge >= 0.3 is 0 Å². The third kappa shape index (κ3) is 4.03. The Labute approximate surface area is 191 Å². The molecule has 5 rings (SSSR count). The molecule has 3 N–H and O–H groups in total. The average molecular weight is 441 g/mol. The lowest BCUT2D eigenvalue weighted by Gasteiger charge is -2.16. The van der Waals surface area contributed by atoms with Crippen molar-refractivity contribution in [3.05, 3.63) is 88.4 Å². The number of fused-ring (bicyclic) bond motifs is 3. The molecule has 1 aliphatic rings. The highest BCUT2D eigenvalue weighted by Crippen LogP contribution is 2.33. The number of hydrogen-bond donors (Lipinski definition) is 3. The van der Waals surface area contributed by atoms with Crippen LogP contribution in [0.5, 0.6) is 0 Å². The molecule has 0 radical (unpaired) electrons. The molecule has 0 fully saturated rings. The number of benzene rings is 1. The summed E-state index contributed by atoms with van der Waals surface area (Å²) in [6.07, 6.45) is 5.99. The first-order valence-corrected chi connectivity index (χ1v) is 10.8. The molecule has 2 amide bonds.